The fourth-order valence-electron chi connectivity index (χ4n) is 1.17. The van der Waals surface area contributed by atoms with Crippen molar-refractivity contribution in [1.82, 2.24) is 19.8 Å². The second kappa shape index (κ2) is 3.85. The standard InChI is InChI=1S/C8H15N5O2/c1-8(2,6(14)11-9)4-13-7(15)12(3)5-10-13/h5H,4,9H2,1-3H3,(H,11,14). The lowest BCUT2D eigenvalue weighted by molar-refractivity contribution is -0.130. The van der Waals surface area contributed by atoms with Crippen LogP contribution in [0, 0.1) is 5.41 Å². The van der Waals surface area contributed by atoms with Gasteiger partial charge in [-0.2, -0.15) is 5.10 Å². The van der Waals surface area contributed by atoms with Crippen LogP contribution in [0.25, 0.3) is 0 Å². The van der Waals surface area contributed by atoms with Gasteiger partial charge in [-0.3, -0.25) is 14.8 Å². The zero-order valence-electron chi connectivity index (χ0n) is 9.02. The Kier molecular flexibility index (Phi) is 2.94. The van der Waals surface area contributed by atoms with Gasteiger partial charge < -0.3 is 0 Å². The normalized spacial score (nSPS) is 11.5. The third kappa shape index (κ3) is 2.24. The minimum Gasteiger partial charge on any atom is -0.294 e. The van der Waals surface area contributed by atoms with Gasteiger partial charge in [0.15, 0.2) is 0 Å². The Morgan fingerprint density at radius 1 is 1.67 bits per heavy atom. The second-order valence-electron chi connectivity index (χ2n) is 4.04. The van der Waals surface area contributed by atoms with Crippen molar-refractivity contribution in [3.8, 4) is 0 Å². The van der Waals surface area contributed by atoms with Gasteiger partial charge >= 0.3 is 5.69 Å². The molecule has 1 rings (SSSR count). The molecule has 0 spiro atoms. The largest absolute Gasteiger partial charge is 0.345 e. The molecular formula is C8H15N5O2. The van der Waals surface area contributed by atoms with Crippen molar-refractivity contribution in [3.05, 3.63) is 16.8 Å². The highest BCUT2D eigenvalue weighted by molar-refractivity contribution is 5.81. The maximum atomic E-state index is 11.5. The van der Waals surface area contributed by atoms with Crippen LogP contribution in [-0.2, 0) is 18.4 Å². The summed E-state index contributed by atoms with van der Waals surface area (Å²) >= 11 is 0. The molecule has 7 nitrogen and oxygen atoms in total. The number of hydrogen-bond donors (Lipinski definition) is 2. The van der Waals surface area contributed by atoms with Crippen LogP contribution in [0.2, 0.25) is 0 Å². The first kappa shape index (κ1) is 11.4. The summed E-state index contributed by atoms with van der Waals surface area (Å²) in [7, 11) is 1.60. The first-order valence-electron chi connectivity index (χ1n) is 4.48. The van der Waals surface area contributed by atoms with E-state index in [4.69, 9.17) is 5.84 Å². The van der Waals surface area contributed by atoms with Crippen molar-refractivity contribution in [3.63, 3.8) is 0 Å². The van der Waals surface area contributed by atoms with Crippen LogP contribution in [0.15, 0.2) is 11.1 Å². The maximum Gasteiger partial charge on any atom is 0.345 e. The molecule has 0 aliphatic heterocycles. The summed E-state index contributed by atoms with van der Waals surface area (Å²) in [6.07, 6.45) is 1.40. The van der Waals surface area contributed by atoms with Gasteiger partial charge in [0, 0.05) is 7.05 Å². The summed E-state index contributed by atoms with van der Waals surface area (Å²) in [5.74, 6) is 4.71. The SMILES string of the molecule is Cn1cnn(CC(C)(C)C(=O)NN)c1=O. The molecule has 1 amide bonds. The molecule has 1 heterocycles. The predicted molar refractivity (Wildman–Crippen MR) is 53.6 cm³/mol. The number of nitrogens with zero attached hydrogens (tertiary/aromatic N) is 3. The quantitative estimate of drug-likeness (QED) is 0.366. The van der Waals surface area contributed by atoms with E-state index < -0.39 is 5.41 Å². The Bertz CT molecular complexity index is 417. The van der Waals surface area contributed by atoms with Crippen molar-refractivity contribution >= 4 is 5.91 Å². The summed E-state index contributed by atoms with van der Waals surface area (Å²) in [5.41, 5.74) is 1.04. The summed E-state index contributed by atoms with van der Waals surface area (Å²) in [6, 6.07) is 0. The van der Waals surface area contributed by atoms with Crippen molar-refractivity contribution in [2.75, 3.05) is 0 Å². The molecule has 0 radical (unpaired) electrons. The average Bonchev–Trinajstić information content (AvgIpc) is 2.48. The molecule has 0 aliphatic rings. The summed E-state index contributed by atoms with van der Waals surface area (Å²) in [4.78, 5) is 22.8. The second-order valence-corrected chi connectivity index (χ2v) is 4.04. The van der Waals surface area contributed by atoms with Gasteiger partial charge in [-0.05, 0) is 13.8 Å². The van der Waals surface area contributed by atoms with Crippen molar-refractivity contribution < 1.29 is 4.79 Å². The molecule has 0 saturated carbocycles. The molecule has 84 valence electrons. The Morgan fingerprint density at radius 2 is 2.27 bits per heavy atom. The summed E-state index contributed by atoms with van der Waals surface area (Å²) in [5, 5.41) is 3.86. The third-order valence-corrected chi connectivity index (χ3v) is 2.18. The zero-order valence-corrected chi connectivity index (χ0v) is 9.02. The van der Waals surface area contributed by atoms with Crippen LogP contribution < -0.4 is 17.0 Å². The van der Waals surface area contributed by atoms with Gasteiger partial charge in [0.25, 0.3) is 0 Å². The van der Waals surface area contributed by atoms with Crippen molar-refractivity contribution in [2.45, 2.75) is 20.4 Å². The Labute approximate surface area is 86.8 Å². The predicted octanol–water partition coefficient (Wildman–Crippen LogP) is -1.40. The van der Waals surface area contributed by atoms with E-state index in [1.807, 2.05) is 0 Å². The first-order chi connectivity index (χ1) is 6.88. The number of aromatic nitrogens is 3. The van der Waals surface area contributed by atoms with E-state index in [0.717, 1.165) is 0 Å². The Morgan fingerprint density at radius 3 is 2.67 bits per heavy atom. The number of nitrogens with one attached hydrogen (secondary N) is 1. The molecule has 0 atom stereocenters. The zero-order chi connectivity index (χ0) is 11.6. The molecular weight excluding hydrogens is 198 g/mol. The number of carbonyl (C=O) groups excluding carboxylic acids is 1. The molecule has 0 aromatic carbocycles. The first-order valence-corrected chi connectivity index (χ1v) is 4.48. The fourth-order valence-corrected chi connectivity index (χ4v) is 1.17. The topological polar surface area (TPSA) is 94.9 Å². The molecule has 1 aromatic rings. The minimum atomic E-state index is -0.771. The monoisotopic (exact) mass is 213 g/mol. The molecule has 0 saturated heterocycles. The number of rotatable bonds is 3. The number of aryl methyl sites for hydroxylation is 1. The van der Waals surface area contributed by atoms with E-state index in [0.29, 0.717) is 0 Å². The molecule has 1 aromatic heterocycles. The van der Waals surface area contributed by atoms with Gasteiger partial charge in [0.2, 0.25) is 5.91 Å². The van der Waals surface area contributed by atoms with Crippen LogP contribution in [0.3, 0.4) is 0 Å². The fraction of sp³-hybridized carbons (Fsp3) is 0.625. The van der Waals surface area contributed by atoms with Gasteiger partial charge in [-0.25, -0.2) is 15.3 Å². The van der Waals surface area contributed by atoms with Crippen LogP contribution in [0.4, 0.5) is 0 Å². The highest BCUT2D eigenvalue weighted by Gasteiger charge is 2.28. The van der Waals surface area contributed by atoms with E-state index >= 15 is 0 Å². The molecule has 7 heteroatoms. The van der Waals surface area contributed by atoms with E-state index in [1.165, 1.54) is 15.6 Å². The Hall–Kier alpha value is -1.63. The van der Waals surface area contributed by atoms with Crippen molar-refractivity contribution in [2.24, 2.45) is 18.3 Å². The van der Waals surface area contributed by atoms with Gasteiger partial charge in [-0.1, -0.05) is 0 Å². The van der Waals surface area contributed by atoms with Gasteiger partial charge in [-0.15, -0.1) is 0 Å². The number of hydrogen-bond acceptors (Lipinski definition) is 4. The molecule has 0 aliphatic carbocycles. The molecule has 0 fully saturated rings. The molecule has 0 bridgehead atoms. The maximum absolute atomic E-state index is 11.5. The molecule has 15 heavy (non-hydrogen) atoms. The number of carbonyl (C=O) groups is 1. The third-order valence-electron chi connectivity index (χ3n) is 2.18. The van der Waals surface area contributed by atoms with Crippen LogP contribution in [0.5, 0.6) is 0 Å². The lowest BCUT2D eigenvalue weighted by Crippen LogP contribution is -2.44. The van der Waals surface area contributed by atoms with Crippen LogP contribution >= 0.6 is 0 Å². The van der Waals surface area contributed by atoms with E-state index in [2.05, 4.69) is 10.5 Å². The highest BCUT2D eigenvalue weighted by Crippen LogP contribution is 2.16. The minimum absolute atomic E-state index is 0.190. The van der Waals surface area contributed by atoms with Gasteiger partial charge in [0.05, 0.1) is 12.0 Å². The van der Waals surface area contributed by atoms with Gasteiger partial charge in [0.1, 0.15) is 6.33 Å². The van der Waals surface area contributed by atoms with E-state index in [-0.39, 0.29) is 18.1 Å². The van der Waals surface area contributed by atoms with Crippen molar-refractivity contribution in [1.29, 1.82) is 0 Å². The number of amides is 1. The number of hydrazine groups is 1. The Balaban J connectivity index is 2.91. The average molecular weight is 213 g/mol. The smallest absolute Gasteiger partial charge is 0.294 e. The van der Waals surface area contributed by atoms with E-state index in [1.54, 1.807) is 20.9 Å². The summed E-state index contributed by atoms with van der Waals surface area (Å²) in [6.45, 7) is 3.57. The van der Waals surface area contributed by atoms with Crippen LogP contribution in [0.1, 0.15) is 13.8 Å². The number of nitrogens with two attached hydrogens (primary N) is 1. The lowest BCUT2D eigenvalue weighted by Gasteiger charge is -2.21. The summed E-state index contributed by atoms with van der Waals surface area (Å²) < 4.78 is 2.58. The highest BCUT2D eigenvalue weighted by atomic mass is 16.2. The lowest BCUT2D eigenvalue weighted by atomic mass is 9.93. The molecule has 0 unspecified atom stereocenters. The van der Waals surface area contributed by atoms with Crippen LogP contribution in [-0.4, -0.2) is 20.3 Å². The van der Waals surface area contributed by atoms with E-state index in [9.17, 15) is 9.59 Å². The molecule has 3 N–H and O–H groups in total.